The van der Waals surface area contributed by atoms with E-state index in [-0.39, 0.29) is 23.6 Å². The van der Waals surface area contributed by atoms with Crippen LogP contribution in [0.3, 0.4) is 0 Å². The summed E-state index contributed by atoms with van der Waals surface area (Å²) in [6.07, 6.45) is 1.70. The summed E-state index contributed by atoms with van der Waals surface area (Å²) < 4.78 is 38.4. The summed E-state index contributed by atoms with van der Waals surface area (Å²) in [4.78, 5) is 13.1. The second-order valence-corrected chi connectivity index (χ2v) is 9.73. The number of fused-ring (bicyclic) bond motifs is 1. The Balaban J connectivity index is 1.58. The van der Waals surface area contributed by atoms with E-state index >= 15 is 0 Å². The maximum atomic E-state index is 13.0. The molecule has 0 saturated heterocycles. The predicted octanol–water partition coefficient (Wildman–Crippen LogP) is 2.83. The van der Waals surface area contributed by atoms with Crippen molar-refractivity contribution in [3.8, 4) is 11.5 Å². The van der Waals surface area contributed by atoms with E-state index in [0.29, 0.717) is 22.6 Å². The van der Waals surface area contributed by atoms with Crippen molar-refractivity contribution in [2.24, 2.45) is 0 Å². The Morgan fingerprint density at radius 3 is 2.52 bits per heavy atom. The Hall–Kier alpha value is -2.58. The van der Waals surface area contributed by atoms with Crippen LogP contribution in [0.25, 0.3) is 0 Å². The molecule has 1 aliphatic carbocycles. The van der Waals surface area contributed by atoms with Crippen LogP contribution in [0.4, 0.5) is 0 Å². The van der Waals surface area contributed by atoms with Gasteiger partial charge in [-0.15, -0.1) is 0 Å². The van der Waals surface area contributed by atoms with Gasteiger partial charge in [0.15, 0.2) is 11.5 Å². The van der Waals surface area contributed by atoms with E-state index < -0.39 is 15.6 Å². The fraction of sp³-hybridized carbons (Fsp3) is 0.381. The zero-order valence-corrected chi connectivity index (χ0v) is 17.4. The normalized spacial score (nSPS) is 16.0. The lowest BCUT2D eigenvalue weighted by atomic mass is 9.93. The molecule has 8 heteroatoms. The lowest BCUT2D eigenvalue weighted by Gasteiger charge is -2.27. The van der Waals surface area contributed by atoms with E-state index in [4.69, 9.17) is 9.47 Å². The first kappa shape index (κ1) is 19.7. The molecule has 1 amide bonds. The molecule has 0 aromatic heterocycles. The van der Waals surface area contributed by atoms with Gasteiger partial charge in [-0.05, 0) is 69.0 Å². The van der Waals surface area contributed by atoms with Gasteiger partial charge < -0.3 is 14.8 Å². The van der Waals surface area contributed by atoms with Gasteiger partial charge in [0.1, 0.15) is 0 Å². The number of carbonyl (C=O) groups is 1. The van der Waals surface area contributed by atoms with Gasteiger partial charge in [-0.25, -0.2) is 13.1 Å². The van der Waals surface area contributed by atoms with E-state index in [2.05, 4.69) is 10.0 Å². The molecule has 0 atom stereocenters. The summed E-state index contributed by atoms with van der Waals surface area (Å²) in [5.41, 5.74) is 1.19. The highest BCUT2D eigenvalue weighted by molar-refractivity contribution is 7.89. The maximum absolute atomic E-state index is 13.0. The largest absolute Gasteiger partial charge is 0.454 e. The second kappa shape index (κ2) is 7.03. The molecule has 2 N–H and O–H groups in total. The van der Waals surface area contributed by atoms with E-state index in [9.17, 15) is 13.2 Å². The SMILES string of the molecule is Cc1ccc(S(=O)(=O)NC2CC2)cc1C(=O)NC(C)(C)c1ccc2c(c1)OCO2. The molecule has 7 nitrogen and oxygen atoms in total. The minimum absolute atomic E-state index is 0.00326. The number of hydrogen-bond acceptors (Lipinski definition) is 5. The van der Waals surface area contributed by atoms with Crippen molar-refractivity contribution in [2.75, 3.05) is 6.79 Å². The molecule has 2 aliphatic rings. The zero-order valence-electron chi connectivity index (χ0n) is 16.6. The third kappa shape index (κ3) is 4.09. The van der Waals surface area contributed by atoms with Crippen molar-refractivity contribution < 1.29 is 22.7 Å². The smallest absolute Gasteiger partial charge is 0.252 e. The first-order valence-corrected chi connectivity index (χ1v) is 11.0. The Morgan fingerprint density at radius 1 is 1.07 bits per heavy atom. The molecule has 2 aromatic rings. The fourth-order valence-corrected chi connectivity index (χ4v) is 4.54. The molecule has 0 radical (unpaired) electrons. The minimum Gasteiger partial charge on any atom is -0.454 e. The highest BCUT2D eigenvalue weighted by Crippen LogP contribution is 2.35. The van der Waals surface area contributed by atoms with Crippen molar-refractivity contribution in [1.29, 1.82) is 0 Å². The number of benzene rings is 2. The second-order valence-electron chi connectivity index (χ2n) is 8.02. The number of carbonyl (C=O) groups excluding carboxylic acids is 1. The van der Waals surface area contributed by atoms with Gasteiger partial charge in [0.25, 0.3) is 5.91 Å². The van der Waals surface area contributed by atoms with Crippen molar-refractivity contribution in [1.82, 2.24) is 10.0 Å². The molecule has 1 heterocycles. The van der Waals surface area contributed by atoms with E-state index in [0.717, 1.165) is 18.4 Å². The van der Waals surface area contributed by atoms with Gasteiger partial charge in [0.05, 0.1) is 10.4 Å². The summed E-state index contributed by atoms with van der Waals surface area (Å²) in [6.45, 7) is 5.73. The van der Waals surface area contributed by atoms with Gasteiger partial charge in [-0.3, -0.25) is 4.79 Å². The van der Waals surface area contributed by atoms with Crippen molar-refractivity contribution >= 4 is 15.9 Å². The number of amides is 1. The minimum atomic E-state index is -3.63. The van der Waals surface area contributed by atoms with Gasteiger partial charge in [-0.2, -0.15) is 0 Å². The Morgan fingerprint density at radius 2 is 1.79 bits per heavy atom. The summed E-state index contributed by atoms with van der Waals surface area (Å²) in [6, 6.07) is 10.2. The monoisotopic (exact) mass is 416 g/mol. The molecule has 4 rings (SSSR count). The third-order valence-electron chi connectivity index (χ3n) is 5.18. The van der Waals surface area contributed by atoms with Crippen molar-refractivity contribution in [2.45, 2.75) is 50.1 Å². The van der Waals surface area contributed by atoms with Crippen LogP contribution in [0, 0.1) is 6.92 Å². The van der Waals surface area contributed by atoms with E-state index in [1.54, 1.807) is 13.0 Å². The van der Waals surface area contributed by atoms with Crippen LogP contribution < -0.4 is 19.5 Å². The van der Waals surface area contributed by atoms with E-state index in [1.807, 2.05) is 32.0 Å². The molecule has 154 valence electrons. The molecule has 1 aliphatic heterocycles. The molecule has 0 unspecified atom stereocenters. The molecular formula is C21H24N2O5S. The number of nitrogens with one attached hydrogen (secondary N) is 2. The highest BCUT2D eigenvalue weighted by atomic mass is 32.2. The molecule has 0 bridgehead atoms. The number of hydrogen-bond donors (Lipinski definition) is 2. The predicted molar refractivity (Wildman–Crippen MR) is 108 cm³/mol. The van der Waals surface area contributed by atoms with E-state index in [1.165, 1.54) is 12.1 Å². The average Bonchev–Trinajstić information content (AvgIpc) is 3.32. The maximum Gasteiger partial charge on any atom is 0.252 e. The molecule has 1 fully saturated rings. The third-order valence-corrected chi connectivity index (χ3v) is 6.70. The molecule has 0 spiro atoms. The van der Waals surface area contributed by atoms with Crippen LogP contribution in [0.2, 0.25) is 0 Å². The molecular weight excluding hydrogens is 392 g/mol. The Bertz CT molecular complexity index is 1070. The van der Waals surface area contributed by atoms with Crippen molar-refractivity contribution in [3.63, 3.8) is 0 Å². The lowest BCUT2D eigenvalue weighted by Crippen LogP contribution is -2.41. The van der Waals surface area contributed by atoms with Gasteiger partial charge in [-0.1, -0.05) is 12.1 Å². The average molecular weight is 416 g/mol. The van der Waals surface area contributed by atoms with Gasteiger partial charge >= 0.3 is 0 Å². The zero-order chi connectivity index (χ0) is 20.8. The summed E-state index contributed by atoms with van der Waals surface area (Å²) >= 11 is 0. The Labute approximate surface area is 170 Å². The summed E-state index contributed by atoms with van der Waals surface area (Å²) in [7, 11) is -3.63. The van der Waals surface area contributed by atoms with Crippen LogP contribution in [0.15, 0.2) is 41.3 Å². The van der Waals surface area contributed by atoms with Crippen molar-refractivity contribution in [3.05, 3.63) is 53.1 Å². The quantitative estimate of drug-likeness (QED) is 0.755. The van der Waals surface area contributed by atoms with Crippen LogP contribution in [-0.2, 0) is 15.6 Å². The summed E-state index contributed by atoms with van der Waals surface area (Å²) in [5, 5.41) is 3.00. The first-order valence-electron chi connectivity index (χ1n) is 9.51. The van der Waals surface area contributed by atoms with Crippen LogP contribution >= 0.6 is 0 Å². The summed E-state index contributed by atoms with van der Waals surface area (Å²) in [5.74, 6) is 0.974. The number of rotatable bonds is 6. The standard InChI is InChI=1S/C21H24N2O5S/c1-13-4-8-16(29(25,26)23-15-6-7-15)11-17(13)20(24)22-21(2,3)14-5-9-18-19(10-14)28-12-27-18/h4-5,8-11,15,23H,6-7,12H2,1-3H3,(H,22,24). The highest BCUT2D eigenvalue weighted by Gasteiger charge is 2.30. The fourth-order valence-electron chi connectivity index (χ4n) is 3.21. The number of ether oxygens (including phenoxy) is 2. The number of aryl methyl sites for hydroxylation is 1. The Kier molecular flexibility index (Phi) is 4.78. The van der Waals surface area contributed by atoms with Gasteiger partial charge in [0, 0.05) is 11.6 Å². The topological polar surface area (TPSA) is 93.7 Å². The molecule has 2 aromatic carbocycles. The van der Waals surface area contributed by atoms with Crippen LogP contribution in [-0.4, -0.2) is 27.2 Å². The van der Waals surface area contributed by atoms with Crippen LogP contribution in [0.5, 0.6) is 11.5 Å². The lowest BCUT2D eigenvalue weighted by molar-refractivity contribution is 0.0911. The van der Waals surface area contributed by atoms with Crippen LogP contribution in [0.1, 0.15) is 48.2 Å². The first-order chi connectivity index (χ1) is 13.7. The molecule has 29 heavy (non-hydrogen) atoms. The number of sulfonamides is 1. The van der Waals surface area contributed by atoms with Gasteiger partial charge in [0.2, 0.25) is 16.8 Å². The molecule has 1 saturated carbocycles.